The van der Waals surface area contributed by atoms with Gasteiger partial charge in [-0.15, -0.1) is 11.6 Å². The summed E-state index contributed by atoms with van der Waals surface area (Å²) in [4.78, 5) is 16.2. The highest BCUT2D eigenvalue weighted by atomic mass is 35.5. The number of imidazole rings is 1. The van der Waals surface area contributed by atoms with E-state index in [0.29, 0.717) is 18.4 Å². The number of halogens is 1. The molecular weight excluding hydrogens is 338 g/mol. The number of fused-ring (bicyclic) bond motifs is 1. The first kappa shape index (κ1) is 16.3. The van der Waals surface area contributed by atoms with E-state index in [1.165, 1.54) is 13.4 Å². The number of nitrogens with zero attached hydrogens (tertiary/aromatic N) is 2. The van der Waals surface area contributed by atoms with E-state index in [1.807, 2.05) is 4.57 Å². The zero-order valence-electron chi connectivity index (χ0n) is 12.9. The Morgan fingerprint density at radius 2 is 2.22 bits per heavy atom. The minimum absolute atomic E-state index is 0.100. The lowest BCUT2D eigenvalue weighted by Crippen LogP contribution is -2.36. The smallest absolute Gasteiger partial charge is 0.337 e. The number of esters is 1. The summed E-state index contributed by atoms with van der Waals surface area (Å²) in [5.41, 5.74) is 2.04. The second kappa shape index (κ2) is 5.79. The zero-order valence-corrected chi connectivity index (χ0v) is 14.5. The molecule has 23 heavy (non-hydrogen) atoms. The predicted molar refractivity (Wildman–Crippen MR) is 89.5 cm³/mol. The average Bonchev–Trinajstić information content (AvgIpc) is 2.81. The fourth-order valence-electron chi connectivity index (χ4n) is 3.01. The van der Waals surface area contributed by atoms with Crippen molar-refractivity contribution >= 4 is 38.3 Å². The van der Waals surface area contributed by atoms with E-state index in [0.717, 1.165) is 16.9 Å². The van der Waals surface area contributed by atoms with Gasteiger partial charge in [-0.05, 0) is 31.0 Å². The molecule has 1 saturated carbocycles. The second-order valence-electron chi connectivity index (χ2n) is 5.88. The van der Waals surface area contributed by atoms with Gasteiger partial charge in [-0.2, -0.15) is 0 Å². The van der Waals surface area contributed by atoms with Crippen LogP contribution in [0.15, 0.2) is 18.2 Å². The summed E-state index contributed by atoms with van der Waals surface area (Å²) in [5, 5.41) is -0.100. The molecule has 124 valence electrons. The molecule has 1 aliphatic carbocycles. The van der Waals surface area contributed by atoms with Crippen LogP contribution in [0.2, 0.25) is 0 Å². The minimum Gasteiger partial charge on any atom is -0.465 e. The summed E-state index contributed by atoms with van der Waals surface area (Å²) < 4.78 is 26.3. The molecule has 0 bridgehead atoms. The van der Waals surface area contributed by atoms with E-state index >= 15 is 0 Å². The van der Waals surface area contributed by atoms with Crippen LogP contribution in [0.1, 0.15) is 35.1 Å². The highest BCUT2D eigenvalue weighted by Gasteiger charge is 2.37. The van der Waals surface area contributed by atoms with Crippen LogP contribution >= 0.6 is 11.6 Å². The van der Waals surface area contributed by atoms with Gasteiger partial charge < -0.3 is 9.30 Å². The number of aromatic nitrogens is 2. The number of hydrogen-bond donors (Lipinski definition) is 1. The maximum absolute atomic E-state index is 11.8. The van der Waals surface area contributed by atoms with Crippen LogP contribution < -0.4 is 0 Å². The van der Waals surface area contributed by atoms with E-state index in [9.17, 15) is 9.00 Å². The van der Waals surface area contributed by atoms with Crippen molar-refractivity contribution in [2.24, 2.45) is 0 Å². The first-order valence-corrected chi connectivity index (χ1v) is 9.79. The molecule has 1 aliphatic rings. The molecule has 1 fully saturated rings. The number of ether oxygens (including phenoxy) is 1. The van der Waals surface area contributed by atoms with Crippen LogP contribution in [0, 0.1) is 4.78 Å². The number of methoxy groups -OCH3 is 1. The molecule has 6 nitrogen and oxygen atoms in total. The molecule has 0 radical (unpaired) electrons. The Bertz CT molecular complexity index is 869. The highest BCUT2D eigenvalue weighted by Crippen LogP contribution is 2.40. The number of hydrogen-bond acceptors (Lipinski definition) is 5. The maximum atomic E-state index is 11.8. The summed E-state index contributed by atoms with van der Waals surface area (Å²) >= 11 is 6.02. The van der Waals surface area contributed by atoms with Gasteiger partial charge in [0.15, 0.2) is 0 Å². The molecule has 1 N–H and O–H groups in total. The molecule has 8 heteroatoms. The van der Waals surface area contributed by atoms with E-state index < -0.39 is 15.7 Å². The fraction of sp³-hybridized carbons (Fsp3) is 0.467. The van der Waals surface area contributed by atoms with Crippen LogP contribution in [0.5, 0.6) is 0 Å². The van der Waals surface area contributed by atoms with Crippen LogP contribution in [0.4, 0.5) is 0 Å². The fourth-order valence-corrected chi connectivity index (χ4v) is 4.37. The Hall–Kier alpha value is -1.60. The predicted octanol–water partition coefficient (Wildman–Crippen LogP) is 2.94. The number of alkyl halides is 1. The lowest BCUT2D eigenvalue weighted by atomic mass is 9.91. The third kappa shape index (κ3) is 2.83. The van der Waals surface area contributed by atoms with E-state index in [-0.39, 0.29) is 17.2 Å². The standard InChI is InChI=1S/C15H18ClN3O3S/c1-22-15(20)9-3-4-12-13(5-9)19(14(8-16)18-12)10-6-11(7-10)23(2,17)21/h3-5,10-11,17H,6-8H2,1-2H3. The maximum Gasteiger partial charge on any atom is 0.337 e. The summed E-state index contributed by atoms with van der Waals surface area (Å²) in [6, 6.07) is 5.31. The lowest BCUT2D eigenvalue weighted by Gasteiger charge is -2.37. The van der Waals surface area contributed by atoms with Crippen molar-refractivity contribution in [1.29, 1.82) is 4.78 Å². The van der Waals surface area contributed by atoms with Crippen molar-refractivity contribution in [3.63, 3.8) is 0 Å². The third-order valence-electron chi connectivity index (χ3n) is 4.37. The largest absolute Gasteiger partial charge is 0.465 e. The van der Waals surface area contributed by atoms with E-state index in [2.05, 4.69) is 4.98 Å². The molecule has 0 aliphatic heterocycles. The Morgan fingerprint density at radius 1 is 1.52 bits per heavy atom. The molecule has 3 rings (SSSR count). The SMILES string of the molecule is COC(=O)c1ccc2nc(CCl)n(C3CC(S(C)(=N)=O)C3)c2c1. The summed E-state index contributed by atoms with van der Waals surface area (Å²) in [7, 11) is -1.19. The zero-order chi connectivity index (χ0) is 16.8. The van der Waals surface area contributed by atoms with Crippen molar-refractivity contribution in [2.45, 2.75) is 30.0 Å². The van der Waals surface area contributed by atoms with Gasteiger partial charge in [0, 0.05) is 27.3 Å². The van der Waals surface area contributed by atoms with Gasteiger partial charge in [0.25, 0.3) is 0 Å². The van der Waals surface area contributed by atoms with Crippen molar-refractivity contribution in [3.05, 3.63) is 29.6 Å². The van der Waals surface area contributed by atoms with E-state index in [4.69, 9.17) is 21.1 Å². The number of nitrogens with one attached hydrogen (secondary N) is 1. The molecule has 0 saturated heterocycles. The molecule has 2 aromatic rings. The van der Waals surface area contributed by atoms with E-state index in [1.54, 1.807) is 18.2 Å². The van der Waals surface area contributed by atoms with Crippen molar-refractivity contribution in [3.8, 4) is 0 Å². The van der Waals surface area contributed by atoms with Gasteiger partial charge in [-0.1, -0.05) is 0 Å². The van der Waals surface area contributed by atoms with Crippen LogP contribution in [-0.4, -0.2) is 38.3 Å². The van der Waals surface area contributed by atoms with Gasteiger partial charge in [-0.25, -0.2) is 14.0 Å². The van der Waals surface area contributed by atoms with Gasteiger partial charge >= 0.3 is 5.97 Å². The van der Waals surface area contributed by atoms with Crippen LogP contribution in [0.3, 0.4) is 0 Å². The Morgan fingerprint density at radius 3 is 2.78 bits per heavy atom. The lowest BCUT2D eigenvalue weighted by molar-refractivity contribution is 0.0601. The summed E-state index contributed by atoms with van der Waals surface area (Å²) in [6.07, 6.45) is 2.81. The second-order valence-corrected chi connectivity index (χ2v) is 8.62. The molecule has 1 atom stereocenters. The number of benzene rings is 1. The number of rotatable bonds is 4. The third-order valence-corrected chi connectivity index (χ3v) is 6.27. The van der Waals surface area contributed by atoms with Gasteiger partial charge in [0.05, 0.1) is 29.6 Å². The Labute approximate surface area is 139 Å². The van der Waals surface area contributed by atoms with Gasteiger partial charge in [-0.3, -0.25) is 4.78 Å². The number of carbonyl (C=O) groups excluding carboxylic acids is 1. The monoisotopic (exact) mass is 355 g/mol. The van der Waals surface area contributed by atoms with Crippen molar-refractivity contribution < 1.29 is 13.7 Å². The molecule has 1 unspecified atom stereocenters. The quantitative estimate of drug-likeness (QED) is 0.675. The van der Waals surface area contributed by atoms with Crippen LogP contribution in [-0.2, 0) is 20.3 Å². The van der Waals surface area contributed by atoms with Crippen LogP contribution in [0.25, 0.3) is 11.0 Å². The summed E-state index contributed by atoms with van der Waals surface area (Å²) in [6.45, 7) is 0. The molecule has 1 aromatic heterocycles. The minimum atomic E-state index is -2.53. The van der Waals surface area contributed by atoms with Crippen molar-refractivity contribution in [2.75, 3.05) is 13.4 Å². The van der Waals surface area contributed by atoms with Crippen molar-refractivity contribution in [1.82, 2.24) is 9.55 Å². The summed E-state index contributed by atoms with van der Waals surface area (Å²) in [5.74, 6) is 0.576. The topological polar surface area (TPSA) is 85.0 Å². The first-order valence-electron chi connectivity index (χ1n) is 7.23. The first-order chi connectivity index (χ1) is 10.8. The normalized spacial score (nSPS) is 23.3. The number of carbonyl (C=O) groups is 1. The average molecular weight is 356 g/mol. The molecular formula is C15H18ClN3O3S. The molecule has 0 amide bonds. The molecule has 1 aromatic carbocycles. The van der Waals surface area contributed by atoms with Gasteiger partial charge in [0.2, 0.25) is 0 Å². The van der Waals surface area contributed by atoms with Gasteiger partial charge in [0.1, 0.15) is 5.82 Å². The Kier molecular flexibility index (Phi) is 4.10. The Balaban J connectivity index is 2.03. The molecule has 1 heterocycles. The molecule has 0 spiro atoms. The highest BCUT2D eigenvalue weighted by molar-refractivity contribution is 7.92.